The van der Waals surface area contributed by atoms with E-state index in [0.29, 0.717) is 12.1 Å². The fourth-order valence-electron chi connectivity index (χ4n) is 1.16. The number of allylic oxidation sites excluding steroid dienone is 1. The van der Waals surface area contributed by atoms with E-state index in [0.717, 1.165) is 12.2 Å². The zero-order valence-corrected chi connectivity index (χ0v) is 6.89. The van der Waals surface area contributed by atoms with E-state index in [1.54, 1.807) is 20.3 Å². The molecular formula is C8H13NO2. The van der Waals surface area contributed by atoms with Gasteiger partial charge >= 0.3 is 0 Å². The fourth-order valence-corrected chi connectivity index (χ4v) is 1.16. The Morgan fingerprint density at radius 1 is 1.45 bits per heavy atom. The summed E-state index contributed by atoms with van der Waals surface area (Å²) in [5.41, 5.74) is 0.583. The van der Waals surface area contributed by atoms with Crippen LogP contribution in [0.5, 0.6) is 0 Å². The van der Waals surface area contributed by atoms with Gasteiger partial charge in [0.25, 0.3) is 0 Å². The van der Waals surface area contributed by atoms with Gasteiger partial charge in [-0.1, -0.05) is 0 Å². The molecule has 1 aliphatic rings. The van der Waals surface area contributed by atoms with E-state index in [9.17, 15) is 0 Å². The first kappa shape index (κ1) is 8.27. The lowest BCUT2D eigenvalue weighted by atomic mass is 10.0. The SMILES string of the molecule is COC1=CC(=N)CC(OC)C1. The first-order valence-electron chi connectivity index (χ1n) is 3.61. The van der Waals surface area contributed by atoms with E-state index in [1.165, 1.54) is 0 Å². The van der Waals surface area contributed by atoms with Gasteiger partial charge in [-0.25, -0.2) is 0 Å². The van der Waals surface area contributed by atoms with Crippen molar-refractivity contribution in [1.29, 1.82) is 5.41 Å². The maximum atomic E-state index is 7.42. The molecule has 0 aromatic heterocycles. The van der Waals surface area contributed by atoms with Crippen LogP contribution in [0.15, 0.2) is 11.8 Å². The quantitative estimate of drug-likeness (QED) is 0.654. The first-order valence-corrected chi connectivity index (χ1v) is 3.61. The van der Waals surface area contributed by atoms with Gasteiger partial charge in [0.1, 0.15) is 0 Å². The molecule has 1 rings (SSSR count). The molecule has 1 N–H and O–H groups in total. The summed E-state index contributed by atoms with van der Waals surface area (Å²) in [7, 11) is 3.29. The highest BCUT2D eigenvalue weighted by Gasteiger charge is 2.17. The number of nitrogens with one attached hydrogen (secondary N) is 1. The van der Waals surface area contributed by atoms with Crippen LogP contribution in [0.2, 0.25) is 0 Å². The van der Waals surface area contributed by atoms with Crippen molar-refractivity contribution in [3.05, 3.63) is 11.8 Å². The summed E-state index contributed by atoms with van der Waals surface area (Å²) in [5, 5.41) is 7.42. The van der Waals surface area contributed by atoms with Crippen molar-refractivity contribution in [1.82, 2.24) is 0 Å². The number of ether oxygens (including phenoxy) is 2. The van der Waals surface area contributed by atoms with Crippen molar-refractivity contribution < 1.29 is 9.47 Å². The molecule has 3 heteroatoms. The van der Waals surface area contributed by atoms with E-state index >= 15 is 0 Å². The molecule has 0 aliphatic heterocycles. The van der Waals surface area contributed by atoms with Crippen molar-refractivity contribution in [2.45, 2.75) is 18.9 Å². The molecule has 0 heterocycles. The third-order valence-electron chi connectivity index (χ3n) is 1.81. The third-order valence-corrected chi connectivity index (χ3v) is 1.81. The molecule has 3 nitrogen and oxygen atoms in total. The third kappa shape index (κ3) is 2.05. The number of hydrogen-bond donors (Lipinski definition) is 1. The van der Waals surface area contributed by atoms with Gasteiger partial charge in [0.05, 0.1) is 19.0 Å². The van der Waals surface area contributed by atoms with Gasteiger partial charge < -0.3 is 14.9 Å². The Bertz CT molecular complexity index is 187. The predicted octanol–water partition coefficient (Wildman–Crippen LogP) is 1.35. The normalized spacial score (nSPS) is 24.7. The molecule has 0 fully saturated rings. The second-order valence-corrected chi connectivity index (χ2v) is 2.61. The van der Waals surface area contributed by atoms with Crippen LogP contribution in [0.3, 0.4) is 0 Å². The Morgan fingerprint density at radius 2 is 2.18 bits per heavy atom. The fraction of sp³-hybridized carbons (Fsp3) is 0.625. The summed E-state index contributed by atoms with van der Waals surface area (Å²) < 4.78 is 10.2. The van der Waals surface area contributed by atoms with Gasteiger partial charge in [-0.2, -0.15) is 0 Å². The molecule has 0 spiro atoms. The molecule has 62 valence electrons. The minimum absolute atomic E-state index is 0.127. The summed E-state index contributed by atoms with van der Waals surface area (Å²) in [6.07, 6.45) is 3.37. The zero-order valence-electron chi connectivity index (χ0n) is 6.89. The second kappa shape index (κ2) is 3.53. The Kier molecular flexibility index (Phi) is 2.65. The lowest BCUT2D eigenvalue weighted by molar-refractivity contribution is 0.0909. The van der Waals surface area contributed by atoms with Crippen LogP contribution in [0.25, 0.3) is 0 Å². The zero-order chi connectivity index (χ0) is 8.27. The molecule has 1 unspecified atom stereocenters. The van der Waals surface area contributed by atoms with Crippen LogP contribution in [0.4, 0.5) is 0 Å². The van der Waals surface area contributed by atoms with Crippen molar-refractivity contribution in [3.63, 3.8) is 0 Å². The van der Waals surface area contributed by atoms with Gasteiger partial charge in [0, 0.05) is 25.7 Å². The summed E-state index contributed by atoms with van der Waals surface area (Å²) in [4.78, 5) is 0. The van der Waals surface area contributed by atoms with Crippen LogP contribution in [0.1, 0.15) is 12.8 Å². The largest absolute Gasteiger partial charge is 0.501 e. The van der Waals surface area contributed by atoms with Crippen molar-refractivity contribution in [2.75, 3.05) is 14.2 Å². The number of rotatable bonds is 2. The highest BCUT2D eigenvalue weighted by atomic mass is 16.5. The Hall–Kier alpha value is -0.830. The van der Waals surface area contributed by atoms with Crippen LogP contribution in [-0.2, 0) is 9.47 Å². The lowest BCUT2D eigenvalue weighted by Crippen LogP contribution is -2.20. The van der Waals surface area contributed by atoms with Crippen molar-refractivity contribution in [3.8, 4) is 0 Å². The highest BCUT2D eigenvalue weighted by Crippen LogP contribution is 2.18. The first-order chi connectivity index (χ1) is 5.26. The topological polar surface area (TPSA) is 42.3 Å². The van der Waals surface area contributed by atoms with Gasteiger partial charge in [-0.3, -0.25) is 0 Å². The van der Waals surface area contributed by atoms with Crippen LogP contribution in [0, 0.1) is 5.41 Å². The van der Waals surface area contributed by atoms with E-state index in [-0.39, 0.29) is 6.10 Å². The Labute approximate surface area is 66.5 Å². The summed E-state index contributed by atoms with van der Waals surface area (Å²) in [6.45, 7) is 0. The summed E-state index contributed by atoms with van der Waals surface area (Å²) in [6, 6.07) is 0. The Balaban J connectivity index is 2.61. The maximum Gasteiger partial charge on any atom is 0.0999 e. The maximum absolute atomic E-state index is 7.42. The average molecular weight is 155 g/mol. The number of methoxy groups -OCH3 is 2. The smallest absolute Gasteiger partial charge is 0.0999 e. The van der Waals surface area contributed by atoms with Gasteiger partial charge in [0.15, 0.2) is 0 Å². The monoisotopic (exact) mass is 155 g/mol. The van der Waals surface area contributed by atoms with Crippen LogP contribution >= 0.6 is 0 Å². The molecule has 0 amide bonds. The molecule has 0 saturated carbocycles. The second-order valence-electron chi connectivity index (χ2n) is 2.61. The minimum Gasteiger partial charge on any atom is -0.501 e. The summed E-state index contributed by atoms with van der Waals surface area (Å²) in [5.74, 6) is 0.841. The lowest BCUT2D eigenvalue weighted by Gasteiger charge is -2.20. The van der Waals surface area contributed by atoms with Crippen LogP contribution in [-0.4, -0.2) is 26.0 Å². The standard InChI is InChI=1S/C8H13NO2/c1-10-7-3-6(9)4-8(5-7)11-2/h3,8-9H,4-5H2,1-2H3. The molecule has 1 atom stereocenters. The Morgan fingerprint density at radius 3 is 2.73 bits per heavy atom. The molecule has 0 saturated heterocycles. The van der Waals surface area contributed by atoms with Crippen molar-refractivity contribution in [2.24, 2.45) is 0 Å². The van der Waals surface area contributed by atoms with Crippen LogP contribution < -0.4 is 0 Å². The highest BCUT2D eigenvalue weighted by molar-refractivity contribution is 5.93. The van der Waals surface area contributed by atoms with E-state index < -0.39 is 0 Å². The molecule has 11 heavy (non-hydrogen) atoms. The van der Waals surface area contributed by atoms with Gasteiger partial charge in [0.2, 0.25) is 0 Å². The average Bonchev–Trinajstić information content (AvgIpc) is 2.03. The van der Waals surface area contributed by atoms with E-state index in [2.05, 4.69) is 0 Å². The molecular weight excluding hydrogens is 142 g/mol. The van der Waals surface area contributed by atoms with E-state index in [1.807, 2.05) is 0 Å². The predicted molar refractivity (Wildman–Crippen MR) is 42.8 cm³/mol. The van der Waals surface area contributed by atoms with Gasteiger partial charge in [-0.15, -0.1) is 0 Å². The van der Waals surface area contributed by atoms with E-state index in [4.69, 9.17) is 14.9 Å². The molecule has 0 aromatic carbocycles. The van der Waals surface area contributed by atoms with Crippen molar-refractivity contribution >= 4 is 5.71 Å². The molecule has 1 aliphatic carbocycles. The molecule has 0 aromatic rings. The summed E-state index contributed by atoms with van der Waals surface area (Å²) >= 11 is 0. The molecule has 0 radical (unpaired) electrons. The number of hydrogen-bond acceptors (Lipinski definition) is 3. The van der Waals surface area contributed by atoms with Gasteiger partial charge in [-0.05, 0) is 6.08 Å². The molecule has 0 bridgehead atoms. The minimum atomic E-state index is 0.127.